The van der Waals surface area contributed by atoms with E-state index >= 15 is 0 Å². The number of H-pyrrole nitrogens is 1. The molecule has 2 aromatic carbocycles. The molecule has 1 aromatic heterocycles. The van der Waals surface area contributed by atoms with Crippen LogP contribution < -0.4 is 5.32 Å². The summed E-state index contributed by atoms with van der Waals surface area (Å²) >= 11 is 6.05. The molecule has 22 heavy (non-hydrogen) atoms. The Morgan fingerprint density at radius 2 is 2.09 bits per heavy atom. The third-order valence-electron chi connectivity index (χ3n) is 4.24. The summed E-state index contributed by atoms with van der Waals surface area (Å²) in [4.78, 5) is 19.9. The van der Waals surface area contributed by atoms with Crippen LogP contribution in [0.2, 0.25) is 5.02 Å². The molecule has 0 atom stereocenters. The zero-order valence-corrected chi connectivity index (χ0v) is 12.5. The number of halogens is 1. The van der Waals surface area contributed by atoms with Gasteiger partial charge in [-0.1, -0.05) is 23.7 Å². The molecule has 0 radical (unpaired) electrons. The van der Waals surface area contributed by atoms with Gasteiger partial charge in [0.05, 0.1) is 22.8 Å². The largest absolute Gasteiger partial charge is 0.345 e. The number of aromatic nitrogens is 2. The Bertz CT molecular complexity index is 867. The van der Waals surface area contributed by atoms with Crippen molar-refractivity contribution in [3.8, 4) is 0 Å². The van der Waals surface area contributed by atoms with E-state index in [1.54, 1.807) is 6.33 Å². The first-order valence-electron chi connectivity index (χ1n) is 7.18. The standard InChI is InChI=1S/C17H14ClN3O/c18-12-3-1-2-11(8-12)17(6-7-17)16(22)21-13-4-5-14-15(9-13)20-10-19-14/h1-5,8-10H,6-7H2,(H,19,20)(H,21,22). The number of carbonyl (C=O) groups is 1. The summed E-state index contributed by atoms with van der Waals surface area (Å²) in [5.41, 5.74) is 3.11. The Hall–Kier alpha value is -2.33. The van der Waals surface area contributed by atoms with E-state index < -0.39 is 5.41 Å². The minimum atomic E-state index is -0.437. The van der Waals surface area contributed by atoms with Crippen molar-refractivity contribution in [2.75, 3.05) is 5.32 Å². The number of hydrogen-bond acceptors (Lipinski definition) is 2. The van der Waals surface area contributed by atoms with E-state index in [1.807, 2.05) is 42.5 Å². The number of fused-ring (bicyclic) bond motifs is 1. The molecule has 4 rings (SSSR count). The van der Waals surface area contributed by atoms with Crippen LogP contribution in [0, 0.1) is 0 Å². The van der Waals surface area contributed by atoms with Crippen LogP contribution in [0.1, 0.15) is 18.4 Å². The summed E-state index contributed by atoms with van der Waals surface area (Å²) in [7, 11) is 0. The molecule has 5 heteroatoms. The number of nitrogens with zero attached hydrogens (tertiary/aromatic N) is 1. The number of anilines is 1. The van der Waals surface area contributed by atoms with Crippen LogP contribution in [-0.4, -0.2) is 15.9 Å². The summed E-state index contributed by atoms with van der Waals surface area (Å²) in [6.07, 6.45) is 3.35. The van der Waals surface area contributed by atoms with E-state index in [9.17, 15) is 4.79 Å². The Labute approximate surface area is 132 Å². The van der Waals surface area contributed by atoms with Gasteiger partial charge in [0.25, 0.3) is 0 Å². The van der Waals surface area contributed by atoms with Crippen molar-refractivity contribution < 1.29 is 4.79 Å². The lowest BCUT2D eigenvalue weighted by atomic mass is 9.95. The zero-order chi connectivity index (χ0) is 15.2. The normalized spacial score (nSPS) is 15.7. The molecule has 4 nitrogen and oxygen atoms in total. The Morgan fingerprint density at radius 1 is 1.23 bits per heavy atom. The van der Waals surface area contributed by atoms with Crippen LogP contribution >= 0.6 is 11.6 Å². The van der Waals surface area contributed by atoms with Gasteiger partial charge in [0, 0.05) is 10.7 Å². The number of nitrogens with one attached hydrogen (secondary N) is 2. The molecule has 1 fully saturated rings. The van der Waals surface area contributed by atoms with Crippen molar-refractivity contribution in [3.05, 3.63) is 59.4 Å². The quantitative estimate of drug-likeness (QED) is 0.771. The summed E-state index contributed by atoms with van der Waals surface area (Å²) < 4.78 is 0. The maximum atomic E-state index is 12.7. The Kier molecular flexibility index (Phi) is 2.94. The second kappa shape index (κ2) is 4.85. The van der Waals surface area contributed by atoms with Crippen molar-refractivity contribution in [2.24, 2.45) is 0 Å². The van der Waals surface area contributed by atoms with Crippen molar-refractivity contribution in [3.63, 3.8) is 0 Å². The zero-order valence-electron chi connectivity index (χ0n) is 11.8. The van der Waals surface area contributed by atoms with Gasteiger partial charge in [-0.15, -0.1) is 0 Å². The van der Waals surface area contributed by atoms with Crippen molar-refractivity contribution in [2.45, 2.75) is 18.3 Å². The highest BCUT2D eigenvalue weighted by Crippen LogP contribution is 2.49. The molecule has 0 aliphatic heterocycles. The first-order chi connectivity index (χ1) is 10.7. The fourth-order valence-corrected chi connectivity index (χ4v) is 3.01. The molecule has 1 aliphatic carbocycles. The van der Waals surface area contributed by atoms with Crippen LogP contribution in [-0.2, 0) is 10.2 Å². The van der Waals surface area contributed by atoms with Gasteiger partial charge in [0.1, 0.15) is 0 Å². The van der Waals surface area contributed by atoms with Gasteiger partial charge in [0.15, 0.2) is 0 Å². The average Bonchev–Trinajstić information content (AvgIpc) is 3.20. The van der Waals surface area contributed by atoms with Crippen LogP contribution in [0.25, 0.3) is 11.0 Å². The molecule has 1 amide bonds. The molecular weight excluding hydrogens is 298 g/mol. The van der Waals surface area contributed by atoms with E-state index in [2.05, 4.69) is 15.3 Å². The fourth-order valence-electron chi connectivity index (χ4n) is 2.82. The smallest absolute Gasteiger partial charge is 0.235 e. The molecule has 1 aliphatic rings. The average molecular weight is 312 g/mol. The number of carbonyl (C=O) groups excluding carboxylic acids is 1. The number of imidazole rings is 1. The number of hydrogen-bond donors (Lipinski definition) is 2. The topological polar surface area (TPSA) is 57.8 Å². The maximum absolute atomic E-state index is 12.7. The molecule has 110 valence electrons. The number of rotatable bonds is 3. The third kappa shape index (κ3) is 2.16. The van der Waals surface area contributed by atoms with Gasteiger partial charge in [-0.3, -0.25) is 4.79 Å². The molecule has 2 N–H and O–H groups in total. The van der Waals surface area contributed by atoms with Gasteiger partial charge in [-0.05, 0) is 48.7 Å². The molecule has 0 unspecified atom stereocenters. The maximum Gasteiger partial charge on any atom is 0.235 e. The number of aromatic amines is 1. The highest BCUT2D eigenvalue weighted by Gasteiger charge is 2.51. The van der Waals surface area contributed by atoms with E-state index in [1.165, 1.54) is 0 Å². The molecule has 1 heterocycles. The third-order valence-corrected chi connectivity index (χ3v) is 4.48. The highest BCUT2D eigenvalue weighted by molar-refractivity contribution is 6.30. The predicted molar refractivity (Wildman–Crippen MR) is 87.1 cm³/mol. The van der Waals surface area contributed by atoms with E-state index in [0.29, 0.717) is 5.02 Å². The van der Waals surface area contributed by atoms with Crippen LogP contribution in [0.3, 0.4) is 0 Å². The van der Waals surface area contributed by atoms with Crippen LogP contribution in [0.4, 0.5) is 5.69 Å². The molecule has 3 aromatic rings. The van der Waals surface area contributed by atoms with Gasteiger partial charge >= 0.3 is 0 Å². The molecule has 0 saturated heterocycles. The summed E-state index contributed by atoms with van der Waals surface area (Å²) in [5, 5.41) is 3.68. The first-order valence-corrected chi connectivity index (χ1v) is 7.56. The van der Waals surface area contributed by atoms with Crippen molar-refractivity contribution in [1.82, 2.24) is 9.97 Å². The van der Waals surface area contributed by atoms with Gasteiger partial charge in [-0.2, -0.15) is 0 Å². The Balaban J connectivity index is 1.61. The lowest BCUT2D eigenvalue weighted by Crippen LogP contribution is -2.27. The van der Waals surface area contributed by atoms with Gasteiger partial charge in [-0.25, -0.2) is 4.98 Å². The number of benzene rings is 2. The highest BCUT2D eigenvalue weighted by atomic mass is 35.5. The van der Waals surface area contributed by atoms with E-state index in [-0.39, 0.29) is 5.91 Å². The van der Waals surface area contributed by atoms with E-state index in [4.69, 9.17) is 11.6 Å². The molecular formula is C17H14ClN3O. The number of amides is 1. The fraction of sp³-hybridized carbons (Fsp3) is 0.176. The first kappa shape index (κ1) is 13.3. The van der Waals surface area contributed by atoms with Gasteiger partial charge < -0.3 is 10.3 Å². The Morgan fingerprint density at radius 3 is 2.86 bits per heavy atom. The van der Waals surface area contributed by atoms with Crippen molar-refractivity contribution in [1.29, 1.82) is 0 Å². The second-order valence-electron chi connectivity index (χ2n) is 5.68. The monoisotopic (exact) mass is 311 g/mol. The summed E-state index contributed by atoms with van der Waals surface area (Å²) in [6, 6.07) is 13.2. The predicted octanol–water partition coefficient (Wildman–Crippen LogP) is 3.89. The minimum absolute atomic E-state index is 0.0219. The van der Waals surface area contributed by atoms with E-state index in [0.717, 1.165) is 35.1 Å². The molecule has 0 bridgehead atoms. The van der Waals surface area contributed by atoms with Crippen LogP contribution in [0.15, 0.2) is 48.8 Å². The SMILES string of the molecule is O=C(Nc1ccc2nc[nH]c2c1)C1(c2cccc(Cl)c2)CC1. The molecule has 1 saturated carbocycles. The molecule has 0 spiro atoms. The lowest BCUT2D eigenvalue weighted by Gasteiger charge is -2.16. The second-order valence-corrected chi connectivity index (χ2v) is 6.12. The van der Waals surface area contributed by atoms with Crippen LogP contribution in [0.5, 0.6) is 0 Å². The van der Waals surface area contributed by atoms with Gasteiger partial charge in [0.2, 0.25) is 5.91 Å². The summed E-state index contributed by atoms with van der Waals surface area (Å²) in [5.74, 6) is 0.0219. The minimum Gasteiger partial charge on any atom is -0.345 e. The van der Waals surface area contributed by atoms with Crippen molar-refractivity contribution >= 4 is 34.2 Å². The lowest BCUT2D eigenvalue weighted by molar-refractivity contribution is -0.118. The summed E-state index contributed by atoms with van der Waals surface area (Å²) in [6.45, 7) is 0.